The van der Waals surface area contributed by atoms with Gasteiger partial charge >= 0.3 is 52.5 Å². The minimum absolute atomic E-state index is 0. The number of aromatic nitrogens is 2. The monoisotopic (exact) mass is 555 g/mol. The second-order valence-electron chi connectivity index (χ2n) is 5.94. The fourth-order valence-corrected chi connectivity index (χ4v) is 2.15. The Morgan fingerprint density at radius 3 is 1.12 bits per heavy atom. The van der Waals surface area contributed by atoms with Gasteiger partial charge in [-0.1, -0.05) is 24.3 Å². The van der Waals surface area contributed by atoms with Crippen molar-refractivity contribution in [2.24, 2.45) is 0 Å². The Kier molecular flexibility index (Phi) is 9.25. The number of pyridine rings is 2. The van der Waals surface area contributed by atoms with E-state index in [0.29, 0.717) is 0 Å². The summed E-state index contributed by atoms with van der Waals surface area (Å²) in [5, 5.41) is 0. The van der Waals surface area contributed by atoms with Crippen molar-refractivity contribution < 1.29 is 44.7 Å². The first kappa shape index (κ1) is 27.4. The van der Waals surface area contributed by atoms with Gasteiger partial charge in [-0.15, -0.1) is 71.8 Å². The van der Waals surface area contributed by atoms with E-state index in [-0.39, 0.29) is 19.5 Å². The van der Waals surface area contributed by atoms with Crippen molar-refractivity contribution in [2.75, 3.05) is 0 Å². The Morgan fingerprint density at radius 1 is 0.531 bits per heavy atom. The molecule has 0 amide bonds. The quantitative estimate of drug-likeness (QED) is 0.108. The van der Waals surface area contributed by atoms with Gasteiger partial charge in [0.15, 0.2) is 0 Å². The van der Waals surface area contributed by atoms with Crippen LogP contribution in [0.15, 0.2) is 97.3 Å². The Balaban J connectivity index is 0.000000246. The van der Waals surface area contributed by atoms with Crippen molar-refractivity contribution >= 4 is 7.81 Å². The van der Waals surface area contributed by atoms with Crippen LogP contribution in [0.5, 0.6) is 0 Å². The van der Waals surface area contributed by atoms with Gasteiger partial charge in [-0.3, -0.25) is 0 Å². The first-order valence-electron chi connectivity index (χ1n) is 8.71. The second kappa shape index (κ2) is 10.8. The van der Waals surface area contributed by atoms with Crippen LogP contribution >= 0.6 is 7.81 Å². The van der Waals surface area contributed by atoms with Crippen molar-refractivity contribution in [3.05, 3.63) is 109 Å². The van der Waals surface area contributed by atoms with Gasteiger partial charge in [-0.2, -0.15) is 0 Å². The minimum atomic E-state index is -10.7. The van der Waals surface area contributed by atoms with Gasteiger partial charge in [-0.05, 0) is 23.5 Å². The average Bonchev–Trinajstić information content (AvgIpc) is 2.75. The summed E-state index contributed by atoms with van der Waals surface area (Å²) in [6, 6.07) is 33.6. The van der Waals surface area contributed by atoms with Gasteiger partial charge in [0.25, 0.3) is 0 Å². The van der Waals surface area contributed by atoms with Crippen LogP contribution in [0.2, 0.25) is 0 Å². The number of halogens is 6. The molecule has 10 heteroatoms. The van der Waals surface area contributed by atoms with Crippen molar-refractivity contribution in [2.45, 2.75) is 0 Å². The summed E-state index contributed by atoms with van der Waals surface area (Å²) in [6.45, 7) is 0. The van der Waals surface area contributed by atoms with Crippen molar-refractivity contribution in [3.8, 4) is 22.5 Å². The van der Waals surface area contributed by atoms with Crippen LogP contribution in [0.4, 0.5) is 25.2 Å². The molecule has 2 heterocycles. The molecular weight excluding hydrogens is 538 g/mol. The van der Waals surface area contributed by atoms with E-state index in [9.17, 15) is 25.2 Å². The molecule has 2 aromatic heterocycles. The third-order valence-corrected chi connectivity index (χ3v) is 3.30. The largest absolute Gasteiger partial charge is 3.00 e. The van der Waals surface area contributed by atoms with Gasteiger partial charge in [0.05, 0.1) is 0 Å². The molecule has 4 aromatic rings. The topological polar surface area (TPSA) is 25.8 Å². The van der Waals surface area contributed by atoms with E-state index in [1.165, 1.54) is 0 Å². The zero-order chi connectivity index (χ0) is 22.9. The zero-order valence-electron chi connectivity index (χ0n) is 16.2. The van der Waals surface area contributed by atoms with Crippen molar-refractivity contribution in [1.82, 2.24) is 9.97 Å². The molecule has 0 aliphatic carbocycles. The number of benzene rings is 2. The third-order valence-electron chi connectivity index (χ3n) is 3.30. The number of rotatable bonds is 2. The Morgan fingerprint density at radius 2 is 0.875 bits per heavy atom. The first-order chi connectivity index (χ1) is 14.4. The molecular formula is C22H16F6N2PRu. The molecule has 2 nitrogen and oxygen atoms in total. The molecule has 2 aromatic carbocycles. The van der Waals surface area contributed by atoms with E-state index in [4.69, 9.17) is 0 Å². The first-order valence-corrected chi connectivity index (χ1v) is 10.7. The maximum Gasteiger partial charge on any atom is 3.00 e. The maximum atomic E-state index is 9.87. The average molecular weight is 554 g/mol. The molecule has 32 heavy (non-hydrogen) atoms. The molecule has 0 spiro atoms. The fourth-order valence-electron chi connectivity index (χ4n) is 2.15. The molecule has 0 saturated heterocycles. The van der Waals surface area contributed by atoms with E-state index in [2.05, 4.69) is 22.1 Å². The molecule has 0 N–H and O–H groups in total. The predicted molar refractivity (Wildman–Crippen MR) is 111 cm³/mol. The molecule has 0 aliphatic rings. The molecule has 0 bridgehead atoms. The smallest absolute Gasteiger partial charge is 0.305 e. The minimum Gasteiger partial charge on any atom is -0.305 e. The number of hydrogen-bond acceptors (Lipinski definition) is 2. The molecule has 1 radical (unpaired) electrons. The Hall–Kier alpha value is -2.63. The summed E-state index contributed by atoms with van der Waals surface area (Å²) >= 11 is 0. The van der Waals surface area contributed by atoms with Crippen molar-refractivity contribution in [1.29, 1.82) is 0 Å². The Labute approximate surface area is 194 Å². The predicted octanol–water partition coefficient (Wildman–Crippen LogP) is 8.48. The molecule has 0 aliphatic heterocycles. The van der Waals surface area contributed by atoms with Crippen LogP contribution in [0.3, 0.4) is 0 Å². The summed E-state index contributed by atoms with van der Waals surface area (Å²) in [5.41, 5.74) is 4.02. The van der Waals surface area contributed by atoms with Crippen molar-refractivity contribution in [3.63, 3.8) is 0 Å². The molecule has 0 fully saturated rings. The summed E-state index contributed by atoms with van der Waals surface area (Å²) in [4.78, 5) is 8.44. The van der Waals surface area contributed by atoms with E-state index < -0.39 is 7.81 Å². The second-order valence-corrected chi connectivity index (χ2v) is 7.86. The van der Waals surface area contributed by atoms with Crippen LogP contribution < -0.4 is 0 Å². The SMILES string of the molecule is F[P-](F)(F)(F)(F)F.[Ru+3].[c-]1ccccc1-c1ccccn1.[c-]1ccccc1-c1ccccn1. The molecule has 0 atom stereocenters. The Bertz CT molecular complexity index is 890. The van der Waals surface area contributed by atoms with E-state index in [1.54, 1.807) is 12.4 Å². The molecule has 0 saturated carbocycles. The van der Waals surface area contributed by atoms with E-state index in [1.807, 2.05) is 84.9 Å². The van der Waals surface area contributed by atoms with Crippen LogP contribution in [-0.2, 0) is 19.5 Å². The fraction of sp³-hybridized carbons (Fsp3) is 0. The molecule has 169 valence electrons. The molecule has 4 rings (SSSR count). The van der Waals surface area contributed by atoms with Gasteiger partial charge in [0, 0.05) is 12.4 Å². The number of hydrogen-bond donors (Lipinski definition) is 0. The van der Waals surface area contributed by atoms with Crippen LogP contribution in [0.1, 0.15) is 0 Å². The summed E-state index contributed by atoms with van der Waals surface area (Å²) in [5.74, 6) is 0. The van der Waals surface area contributed by atoms with Gasteiger partial charge in [0.1, 0.15) is 0 Å². The summed E-state index contributed by atoms with van der Waals surface area (Å²) in [6.07, 6.45) is 3.58. The van der Waals surface area contributed by atoms with Gasteiger partial charge < -0.3 is 9.97 Å². The maximum absolute atomic E-state index is 10.7. The van der Waals surface area contributed by atoms with Crippen LogP contribution in [0, 0.1) is 12.1 Å². The van der Waals surface area contributed by atoms with E-state index in [0.717, 1.165) is 22.5 Å². The van der Waals surface area contributed by atoms with E-state index >= 15 is 0 Å². The van der Waals surface area contributed by atoms with Gasteiger partial charge in [0.2, 0.25) is 0 Å². The van der Waals surface area contributed by atoms with Gasteiger partial charge in [-0.25, -0.2) is 0 Å². The number of nitrogens with zero attached hydrogens (tertiary/aromatic N) is 2. The normalized spacial score (nSPS) is 12.3. The van der Waals surface area contributed by atoms with Crippen LogP contribution in [-0.4, -0.2) is 9.97 Å². The third kappa shape index (κ3) is 13.6. The molecule has 0 unspecified atom stereocenters. The zero-order valence-corrected chi connectivity index (χ0v) is 18.8. The summed E-state index contributed by atoms with van der Waals surface area (Å²) < 4.78 is 59.2. The standard InChI is InChI=1S/2C11H8N.F6P.Ru/c2*1-2-6-10(7-3-1)11-8-4-5-9-12-11;1-7(2,3,4,5)6;/h2*1-6,8-9H;;/q3*-1;+3. The summed E-state index contributed by atoms with van der Waals surface area (Å²) in [7, 11) is -10.7. The van der Waals surface area contributed by atoms with Crippen LogP contribution in [0.25, 0.3) is 22.5 Å².